The third kappa shape index (κ3) is 2.30. The number of aromatic nitrogens is 2. The van der Waals surface area contributed by atoms with Gasteiger partial charge in [-0.15, -0.1) is 10.2 Å². The van der Waals surface area contributed by atoms with E-state index in [1.165, 1.54) is 16.9 Å². The molecule has 1 aromatic heterocycles. The lowest BCUT2D eigenvalue weighted by molar-refractivity contribution is 1.01. The van der Waals surface area contributed by atoms with Crippen LogP contribution in [0.5, 0.6) is 0 Å². The Kier molecular flexibility index (Phi) is 2.79. The van der Waals surface area contributed by atoms with Gasteiger partial charge in [0, 0.05) is 10.9 Å². The highest BCUT2D eigenvalue weighted by Crippen LogP contribution is 2.17. The second-order valence-electron chi connectivity index (χ2n) is 2.84. The van der Waals surface area contributed by atoms with E-state index in [4.69, 9.17) is 5.73 Å². The predicted octanol–water partition coefficient (Wildman–Crippen LogP) is 2.47. The molecule has 0 saturated carbocycles. The molecular weight excluding hydrogens is 262 g/mol. The molecule has 2 rings (SSSR count). The number of nitrogens with two attached hydrogens (primary N) is 1. The van der Waals surface area contributed by atoms with E-state index in [0.717, 1.165) is 15.9 Å². The average molecular weight is 270 g/mol. The number of rotatable bonds is 2. The molecule has 1 heterocycles. The SMILES string of the molecule is Nc1nnc(Cc2ccc(Br)cc2)s1. The molecular formula is C9H8BrN3S. The largest absolute Gasteiger partial charge is 0.374 e. The van der Waals surface area contributed by atoms with Crippen molar-refractivity contribution in [3.05, 3.63) is 39.3 Å². The van der Waals surface area contributed by atoms with Crippen molar-refractivity contribution in [2.45, 2.75) is 6.42 Å². The molecule has 1 aromatic carbocycles. The van der Waals surface area contributed by atoms with Crippen LogP contribution >= 0.6 is 27.3 Å². The van der Waals surface area contributed by atoms with E-state index >= 15 is 0 Å². The van der Waals surface area contributed by atoms with E-state index in [-0.39, 0.29) is 0 Å². The number of anilines is 1. The highest BCUT2D eigenvalue weighted by molar-refractivity contribution is 9.10. The van der Waals surface area contributed by atoms with Gasteiger partial charge in [-0.1, -0.05) is 39.4 Å². The molecule has 0 aliphatic heterocycles. The van der Waals surface area contributed by atoms with E-state index in [1.54, 1.807) is 0 Å². The Morgan fingerprint density at radius 1 is 1.21 bits per heavy atom. The fraction of sp³-hybridized carbons (Fsp3) is 0.111. The van der Waals surface area contributed by atoms with Crippen molar-refractivity contribution in [1.29, 1.82) is 0 Å². The maximum Gasteiger partial charge on any atom is 0.203 e. The lowest BCUT2D eigenvalue weighted by atomic mass is 10.2. The summed E-state index contributed by atoms with van der Waals surface area (Å²) in [6.45, 7) is 0. The highest BCUT2D eigenvalue weighted by atomic mass is 79.9. The summed E-state index contributed by atoms with van der Waals surface area (Å²) in [5.74, 6) is 0. The van der Waals surface area contributed by atoms with Crippen molar-refractivity contribution in [1.82, 2.24) is 10.2 Å². The predicted molar refractivity (Wildman–Crippen MR) is 61.3 cm³/mol. The topological polar surface area (TPSA) is 51.8 Å². The van der Waals surface area contributed by atoms with E-state index in [9.17, 15) is 0 Å². The van der Waals surface area contributed by atoms with Crippen LogP contribution < -0.4 is 5.73 Å². The zero-order valence-corrected chi connectivity index (χ0v) is 9.68. The second kappa shape index (κ2) is 4.06. The third-order valence-electron chi connectivity index (χ3n) is 1.75. The number of hydrogen-bond acceptors (Lipinski definition) is 4. The van der Waals surface area contributed by atoms with Crippen molar-refractivity contribution in [2.75, 3.05) is 5.73 Å². The molecule has 0 amide bonds. The number of halogens is 1. The first-order chi connectivity index (χ1) is 6.74. The summed E-state index contributed by atoms with van der Waals surface area (Å²) in [6.07, 6.45) is 0.794. The second-order valence-corrected chi connectivity index (χ2v) is 4.85. The first kappa shape index (κ1) is 9.61. The van der Waals surface area contributed by atoms with Crippen molar-refractivity contribution < 1.29 is 0 Å². The van der Waals surface area contributed by atoms with Crippen LogP contribution in [-0.4, -0.2) is 10.2 Å². The number of hydrogen-bond donors (Lipinski definition) is 1. The lowest BCUT2D eigenvalue weighted by Crippen LogP contribution is -1.86. The standard InChI is InChI=1S/C9H8BrN3S/c10-7-3-1-6(2-4-7)5-8-12-13-9(11)14-8/h1-4H,5H2,(H2,11,13). The summed E-state index contributed by atoms with van der Waals surface area (Å²) in [6, 6.07) is 8.14. The maximum atomic E-state index is 5.49. The van der Waals surface area contributed by atoms with E-state index in [2.05, 4.69) is 38.3 Å². The minimum Gasteiger partial charge on any atom is -0.374 e. The molecule has 72 valence electrons. The Labute approximate surface area is 94.1 Å². The number of benzene rings is 1. The minimum atomic E-state index is 0.525. The molecule has 0 fully saturated rings. The quantitative estimate of drug-likeness (QED) is 0.912. The van der Waals surface area contributed by atoms with Crippen LogP contribution in [-0.2, 0) is 6.42 Å². The van der Waals surface area contributed by atoms with Gasteiger partial charge >= 0.3 is 0 Å². The van der Waals surface area contributed by atoms with Crippen molar-refractivity contribution in [3.63, 3.8) is 0 Å². The van der Waals surface area contributed by atoms with Crippen molar-refractivity contribution >= 4 is 32.4 Å². The van der Waals surface area contributed by atoms with Gasteiger partial charge in [0.2, 0.25) is 5.13 Å². The molecule has 14 heavy (non-hydrogen) atoms. The highest BCUT2D eigenvalue weighted by Gasteiger charge is 2.01. The van der Waals surface area contributed by atoms with E-state index in [0.29, 0.717) is 5.13 Å². The summed E-state index contributed by atoms with van der Waals surface area (Å²) in [5, 5.41) is 9.21. The number of nitrogen functional groups attached to an aromatic ring is 1. The van der Waals surface area contributed by atoms with Gasteiger partial charge in [-0.05, 0) is 17.7 Å². The van der Waals surface area contributed by atoms with Gasteiger partial charge in [-0.3, -0.25) is 0 Å². The summed E-state index contributed by atoms with van der Waals surface area (Å²) >= 11 is 4.82. The lowest BCUT2D eigenvalue weighted by Gasteiger charge is -1.96. The van der Waals surface area contributed by atoms with Gasteiger partial charge in [0.1, 0.15) is 5.01 Å². The fourth-order valence-corrected chi connectivity index (χ4v) is 2.02. The Balaban J connectivity index is 2.15. The van der Waals surface area contributed by atoms with Crippen LogP contribution in [0.3, 0.4) is 0 Å². The van der Waals surface area contributed by atoms with Crippen molar-refractivity contribution in [2.24, 2.45) is 0 Å². The molecule has 2 aromatic rings. The van der Waals surface area contributed by atoms with Gasteiger partial charge in [0.25, 0.3) is 0 Å². The van der Waals surface area contributed by atoms with Crippen LogP contribution in [0.1, 0.15) is 10.6 Å². The molecule has 2 N–H and O–H groups in total. The molecule has 0 radical (unpaired) electrons. The smallest absolute Gasteiger partial charge is 0.203 e. The number of nitrogens with zero attached hydrogens (tertiary/aromatic N) is 2. The van der Waals surface area contributed by atoms with Gasteiger partial charge in [0.15, 0.2) is 0 Å². The molecule has 0 unspecified atom stereocenters. The van der Waals surface area contributed by atoms with Crippen LogP contribution in [0.15, 0.2) is 28.7 Å². The summed E-state index contributed by atoms with van der Waals surface area (Å²) in [4.78, 5) is 0. The fourth-order valence-electron chi connectivity index (χ4n) is 1.11. The molecule has 5 heteroatoms. The molecule has 0 atom stereocenters. The summed E-state index contributed by atoms with van der Waals surface area (Å²) in [7, 11) is 0. The Morgan fingerprint density at radius 3 is 2.50 bits per heavy atom. The Hall–Kier alpha value is -0.940. The van der Waals surface area contributed by atoms with Crippen LogP contribution in [0.4, 0.5) is 5.13 Å². The van der Waals surface area contributed by atoms with Crippen LogP contribution in [0.2, 0.25) is 0 Å². The molecule has 3 nitrogen and oxygen atoms in total. The van der Waals surface area contributed by atoms with Crippen molar-refractivity contribution in [3.8, 4) is 0 Å². The zero-order chi connectivity index (χ0) is 9.97. The van der Waals surface area contributed by atoms with E-state index < -0.39 is 0 Å². The van der Waals surface area contributed by atoms with Crippen LogP contribution in [0, 0.1) is 0 Å². The first-order valence-electron chi connectivity index (χ1n) is 4.06. The van der Waals surface area contributed by atoms with E-state index in [1.807, 2.05) is 12.1 Å². The Morgan fingerprint density at radius 2 is 1.93 bits per heavy atom. The third-order valence-corrected chi connectivity index (χ3v) is 3.03. The minimum absolute atomic E-state index is 0.525. The molecule has 0 bridgehead atoms. The average Bonchev–Trinajstić information content (AvgIpc) is 2.56. The maximum absolute atomic E-state index is 5.49. The summed E-state index contributed by atoms with van der Waals surface area (Å²) in [5.41, 5.74) is 6.71. The zero-order valence-electron chi connectivity index (χ0n) is 7.27. The van der Waals surface area contributed by atoms with Crippen LogP contribution in [0.25, 0.3) is 0 Å². The molecule has 0 saturated heterocycles. The van der Waals surface area contributed by atoms with Gasteiger partial charge in [-0.25, -0.2) is 0 Å². The first-order valence-corrected chi connectivity index (χ1v) is 5.67. The molecule has 0 spiro atoms. The van der Waals surface area contributed by atoms with Gasteiger partial charge in [-0.2, -0.15) is 0 Å². The molecule has 0 aliphatic carbocycles. The normalized spacial score (nSPS) is 10.4. The Bertz CT molecular complexity index is 424. The summed E-state index contributed by atoms with van der Waals surface area (Å²) < 4.78 is 1.08. The monoisotopic (exact) mass is 269 g/mol. The van der Waals surface area contributed by atoms with Gasteiger partial charge in [0.05, 0.1) is 0 Å². The van der Waals surface area contributed by atoms with Gasteiger partial charge < -0.3 is 5.73 Å². The molecule has 0 aliphatic rings.